The van der Waals surface area contributed by atoms with Crippen LogP contribution in [0.25, 0.3) is 5.73 Å². The predicted molar refractivity (Wildman–Crippen MR) is 83.5 cm³/mol. The van der Waals surface area contributed by atoms with Gasteiger partial charge in [-0.1, -0.05) is 37.4 Å². The normalized spacial score (nSPS) is 10.1. The Balaban J connectivity index is -0.000000118. The summed E-state index contributed by atoms with van der Waals surface area (Å²) in [6.45, 7) is 8.21. The third-order valence-corrected chi connectivity index (χ3v) is 2.26. The van der Waals surface area contributed by atoms with Crippen molar-refractivity contribution in [2.45, 2.75) is 33.4 Å². The number of rotatable bonds is 1. The Bertz CT molecular complexity index is 462. The minimum Gasteiger partial charge on any atom is -1.00 e. The van der Waals surface area contributed by atoms with Gasteiger partial charge in [-0.3, -0.25) is 6.08 Å². The molecule has 0 saturated carbocycles. The van der Waals surface area contributed by atoms with Crippen LogP contribution in [0.5, 0.6) is 0 Å². The predicted octanol–water partition coefficient (Wildman–Crippen LogP) is -1.32. The van der Waals surface area contributed by atoms with Gasteiger partial charge in [0.2, 0.25) is 0 Å². The second-order valence-electron chi connectivity index (χ2n) is 4.14. The SMILES string of the molecule is CC1=CC[C-]=C1.C[Si]C.Cc1ccccc1C([NH-])=O.[Cl-].[Cl-].[Ti+4]. The summed E-state index contributed by atoms with van der Waals surface area (Å²) in [7, 11) is 1.08. The molecule has 2 radical (unpaired) electrons. The zero-order chi connectivity index (χ0) is 14.7. The first-order chi connectivity index (χ1) is 9.02. The first-order valence-electron chi connectivity index (χ1n) is 6.16. The monoisotopic (exact) mass is 389 g/mol. The maximum atomic E-state index is 10.5. The molecule has 1 aromatic rings. The zero-order valence-corrected chi connectivity index (χ0v) is 17.4. The molecule has 22 heavy (non-hydrogen) atoms. The molecule has 6 heteroatoms. The minimum absolute atomic E-state index is 0. The van der Waals surface area contributed by atoms with Crippen molar-refractivity contribution in [3.63, 3.8) is 0 Å². The molecule has 118 valence electrons. The molecule has 2 nitrogen and oxygen atoms in total. The van der Waals surface area contributed by atoms with Gasteiger partial charge in [-0.2, -0.15) is 6.08 Å². The average molecular weight is 390 g/mol. The van der Waals surface area contributed by atoms with Crippen LogP contribution in [0.15, 0.2) is 42.0 Å². The molecule has 0 saturated heterocycles. The Labute approximate surface area is 164 Å². The van der Waals surface area contributed by atoms with E-state index in [-0.39, 0.29) is 46.5 Å². The topological polar surface area (TPSA) is 40.9 Å². The van der Waals surface area contributed by atoms with E-state index >= 15 is 0 Å². The largest absolute Gasteiger partial charge is 4.00 e. The average Bonchev–Trinajstić information content (AvgIpc) is 2.82. The molecule has 0 heterocycles. The Morgan fingerprint density at radius 1 is 1.18 bits per heavy atom. The van der Waals surface area contributed by atoms with Gasteiger partial charge in [0.25, 0.3) is 0 Å². The van der Waals surface area contributed by atoms with E-state index in [0.29, 0.717) is 5.56 Å². The Morgan fingerprint density at radius 2 is 1.68 bits per heavy atom. The molecule has 1 aliphatic rings. The molecule has 1 aliphatic carbocycles. The molecular weight excluding hydrogens is 369 g/mol. The molecule has 0 spiro atoms. The van der Waals surface area contributed by atoms with E-state index in [1.807, 2.05) is 25.1 Å². The van der Waals surface area contributed by atoms with Gasteiger partial charge in [0.05, 0.1) is 5.91 Å². The van der Waals surface area contributed by atoms with E-state index in [2.05, 4.69) is 32.2 Å². The first kappa shape index (κ1) is 29.7. The van der Waals surface area contributed by atoms with Gasteiger partial charge in [0, 0.05) is 15.1 Å². The first-order valence-corrected chi connectivity index (χ1v) is 8.16. The van der Waals surface area contributed by atoms with Crippen LogP contribution in [0.1, 0.15) is 29.3 Å². The van der Waals surface area contributed by atoms with Crippen LogP contribution >= 0.6 is 0 Å². The third kappa shape index (κ3) is 14.6. The second kappa shape index (κ2) is 18.7. The van der Waals surface area contributed by atoms with Crippen molar-refractivity contribution in [3.05, 3.63) is 64.9 Å². The molecule has 1 aromatic carbocycles. The number of benzene rings is 1. The second-order valence-corrected chi connectivity index (χ2v) is 5.14. The summed E-state index contributed by atoms with van der Waals surface area (Å²) in [4.78, 5) is 10.5. The van der Waals surface area contributed by atoms with E-state index in [4.69, 9.17) is 5.73 Å². The van der Waals surface area contributed by atoms with Crippen LogP contribution in [0.2, 0.25) is 13.1 Å². The number of carbonyl (C=O) groups is 1. The number of nitrogens with one attached hydrogen (secondary N) is 1. The number of halogens is 2. The van der Waals surface area contributed by atoms with Gasteiger partial charge in [0.15, 0.2) is 0 Å². The van der Waals surface area contributed by atoms with Gasteiger partial charge in [0.1, 0.15) is 0 Å². The van der Waals surface area contributed by atoms with Gasteiger partial charge in [-0.15, -0.1) is 13.3 Å². The van der Waals surface area contributed by atoms with Crippen molar-refractivity contribution in [1.29, 1.82) is 0 Å². The summed E-state index contributed by atoms with van der Waals surface area (Å²) in [5, 5.41) is 0. The van der Waals surface area contributed by atoms with E-state index in [0.717, 1.165) is 21.5 Å². The summed E-state index contributed by atoms with van der Waals surface area (Å²) >= 11 is 0. The minimum atomic E-state index is -0.613. The van der Waals surface area contributed by atoms with Crippen molar-refractivity contribution >= 4 is 15.4 Å². The number of amides is 1. The summed E-state index contributed by atoms with van der Waals surface area (Å²) in [6.07, 6.45) is 8.24. The molecule has 0 atom stereocenters. The van der Waals surface area contributed by atoms with Gasteiger partial charge in [-0.05, 0) is 12.5 Å². The zero-order valence-electron chi connectivity index (χ0n) is 13.3. The molecule has 1 N–H and O–H groups in total. The number of allylic oxidation sites excluding steroid dienone is 4. The molecule has 0 aromatic heterocycles. The van der Waals surface area contributed by atoms with Crippen LogP contribution in [-0.2, 0) is 21.7 Å². The van der Waals surface area contributed by atoms with E-state index in [1.54, 1.807) is 12.1 Å². The smallest absolute Gasteiger partial charge is 1.00 e. The molecule has 0 unspecified atom stereocenters. The van der Waals surface area contributed by atoms with Crippen LogP contribution in [0.4, 0.5) is 0 Å². The summed E-state index contributed by atoms with van der Waals surface area (Å²) < 4.78 is 0. The van der Waals surface area contributed by atoms with Crippen LogP contribution in [0.3, 0.4) is 0 Å². The molecule has 0 aliphatic heterocycles. The fraction of sp³-hybridized carbons (Fsp3) is 0.312. The summed E-state index contributed by atoms with van der Waals surface area (Å²) in [6, 6.07) is 7.09. The summed E-state index contributed by atoms with van der Waals surface area (Å²) in [5.74, 6) is -0.613. The molecule has 2 rings (SSSR count). The van der Waals surface area contributed by atoms with Crippen LogP contribution in [-0.4, -0.2) is 15.4 Å². The fourth-order valence-corrected chi connectivity index (χ4v) is 1.33. The van der Waals surface area contributed by atoms with Gasteiger partial charge >= 0.3 is 21.7 Å². The molecular formula is C16H21Cl2NOSiTi. The molecule has 1 amide bonds. The van der Waals surface area contributed by atoms with Crippen LogP contribution in [0, 0.1) is 13.0 Å². The standard InChI is InChI=1S/C8H9NO.C6H7.C2H6Si.2ClH.Ti/c1-6-4-2-3-5-7(6)8(9)10;1-6-4-2-3-5-6;1-3-2;;;/h2-5H,1H3,(H2,9,10);4-5H,2H2,1H3;1-2H3;2*1H;/q;-1;;;;+4/p-3. The number of carbonyl (C=O) groups excluding carboxylic acids is 1. The number of aryl methyl sites for hydroxylation is 1. The number of hydrogen-bond donors (Lipinski definition) is 0. The molecule has 0 bridgehead atoms. The van der Waals surface area contributed by atoms with Crippen molar-refractivity contribution in [2.75, 3.05) is 0 Å². The van der Waals surface area contributed by atoms with E-state index in [9.17, 15) is 4.79 Å². The van der Waals surface area contributed by atoms with Gasteiger partial charge < -0.3 is 35.3 Å². The Kier molecular flexibility index (Phi) is 25.3. The van der Waals surface area contributed by atoms with Crippen LogP contribution < -0.4 is 24.8 Å². The van der Waals surface area contributed by atoms with Crippen molar-refractivity contribution < 1.29 is 51.3 Å². The number of hydrogen-bond acceptors (Lipinski definition) is 1. The fourth-order valence-electron chi connectivity index (χ4n) is 1.33. The van der Waals surface area contributed by atoms with Gasteiger partial charge in [-0.25, -0.2) is 11.6 Å². The van der Waals surface area contributed by atoms with E-state index < -0.39 is 5.91 Å². The van der Waals surface area contributed by atoms with Crippen molar-refractivity contribution in [3.8, 4) is 0 Å². The van der Waals surface area contributed by atoms with Crippen molar-refractivity contribution in [2.24, 2.45) is 0 Å². The maximum Gasteiger partial charge on any atom is 4.00 e. The maximum absolute atomic E-state index is 10.5. The van der Waals surface area contributed by atoms with E-state index in [1.165, 1.54) is 5.57 Å². The van der Waals surface area contributed by atoms with Crippen molar-refractivity contribution in [1.82, 2.24) is 0 Å². The molecule has 0 fully saturated rings. The quantitative estimate of drug-likeness (QED) is 0.433. The summed E-state index contributed by atoms with van der Waals surface area (Å²) in [5.41, 5.74) is 9.52. The third-order valence-electron chi connectivity index (χ3n) is 2.26. The Morgan fingerprint density at radius 3 is 1.91 bits per heavy atom. The Hall–Kier alpha value is -0.319.